The molecule has 0 heterocycles. The van der Waals surface area contributed by atoms with E-state index in [0.29, 0.717) is 18.4 Å². The number of hydrogen-bond donors (Lipinski definition) is 2. The lowest BCUT2D eigenvalue weighted by atomic mass is 10.1. The van der Waals surface area contributed by atoms with Gasteiger partial charge in [-0.2, -0.15) is 24.9 Å². The van der Waals surface area contributed by atoms with E-state index in [1.165, 1.54) is 12.1 Å². The summed E-state index contributed by atoms with van der Waals surface area (Å²) in [6.07, 6.45) is -1.66. The molecular formula is C17H23F3N2O3S. The predicted octanol–water partition coefficient (Wildman–Crippen LogP) is 2.89. The van der Waals surface area contributed by atoms with Crippen LogP contribution in [0.5, 0.6) is 5.75 Å². The number of carbonyl (C=O) groups excluding carboxylic acids is 2. The second-order valence-corrected chi connectivity index (χ2v) is 6.51. The smallest absolute Gasteiger partial charge is 0.422 e. The Bertz CT molecular complexity index is 580. The van der Waals surface area contributed by atoms with E-state index in [4.69, 9.17) is 0 Å². The van der Waals surface area contributed by atoms with Crippen molar-refractivity contribution >= 4 is 23.6 Å². The third-order valence-corrected chi connectivity index (χ3v) is 4.02. The molecule has 0 saturated heterocycles. The molecule has 0 saturated carbocycles. The van der Waals surface area contributed by atoms with Crippen LogP contribution < -0.4 is 15.4 Å². The second-order valence-electron chi connectivity index (χ2n) is 5.52. The summed E-state index contributed by atoms with van der Waals surface area (Å²) in [6, 6.07) is 5.37. The molecular weight excluding hydrogens is 369 g/mol. The summed E-state index contributed by atoms with van der Waals surface area (Å²) in [4.78, 5) is 23.8. The number of thioether (sulfide) groups is 1. The summed E-state index contributed by atoms with van der Waals surface area (Å²) < 4.78 is 40.9. The molecule has 1 aromatic carbocycles. The number of alkyl halides is 3. The van der Waals surface area contributed by atoms with E-state index in [1.54, 1.807) is 30.8 Å². The molecule has 0 aromatic heterocycles. The molecule has 0 aliphatic rings. The highest BCUT2D eigenvalue weighted by Crippen LogP contribution is 2.18. The number of carbonyl (C=O) groups is 2. The number of rotatable bonds is 10. The fourth-order valence-electron chi connectivity index (χ4n) is 1.98. The van der Waals surface area contributed by atoms with Gasteiger partial charge in [-0.05, 0) is 36.1 Å². The molecule has 1 aromatic rings. The molecule has 0 fully saturated rings. The van der Waals surface area contributed by atoms with E-state index in [1.807, 2.05) is 6.26 Å². The van der Waals surface area contributed by atoms with Crippen molar-refractivity contribution in [2.45, 2.75) is 38.5 Å². The van der Waals surface area contributed by atoms with Crippen LogP contribution in [0.2, 0.25) is 0 Å². The first-order valence-electron chi connectivity index (χ1n) is 8.09. The Hall–Kier alpha value is -1.90. The number of amides is 2. The third-order valence-electron chi connectivity index (χ3n) is 3.38. The van der Waals surface area contributed by atoms with Crippen molar-refractivity contribution in [2.24, 2.45) is 0 Å². The molecule has 9 heteroatoms. The molecule has 1 unspecified atom stereocenters. The van der Waals surface area contributed by atoms with Crippen molar-refractivity contribution in [2.75, 3.05) is 18.6 Å². The van der Waals surface area contributed by atoms with Crippen LogP contribution in [0.3, 0.4) is 0 Å². The minimum Gasteiger partial charge on any atom is -0.484 e. The zero-order chi connectivity index (χ0) is 19.6. The minimum absolute atomic E-state index is 0.102. The lowest BCUT2D eigenvalue weighted by Crippen LogP contribution is -2.46. The zero-order valence-corrected chi connectivity index (χ0v) is 15.5. The SMILES string of the molecule is CCC(=O)NC(CCSC)C(=O)NCc1ccc(OCC(F)(F)F)cc1. The maximum atomic E-state index is 12.3. The normalized spacial score (nSPS) is 12.3. The summed E-state index contributed by atoms with van der Waals surface area (Å²) in [6.45, 7) is 0.564. The van der Waals surface area contributed by atoms with E-state index < -0.39 is 18.8 Å². The highest BCUT2D eigenvalue weighted by atomic mass is 32.2. The first-order valence-corrected chi connectivity index (χ1v) is 9.49. The third kappa shape index (κ3) is 8.98. The van der Waals surface area contributed by atoms with Gasteiger partial charge in [0.15, 0.2) is 6.61 Å². The first kappa shape index (κ1) is 22.1. The summed E-state index contributed by atoms with van der Waals surface area (Å²) in [5.74, 6) is 0.342. The van der Waals surface area contributed by atoms with Gasteiger partial charge < -0.3 is 15.4 Å². The van der Waals surface area contributed by atoms with Gasteiger partial charge in [-0.15, -0.1) is 0 Å². The Morgan fingerprint density at radius 3 is 2.42 bits per heavy atom. The Morgan fingerprint density at radius 1 is 1.23 bits per heavy atom. The summed E-state index contributed by atoms with van der Waals surface area (Å²) in [7, 11) is 0. The minimum atomic E-state index is -4.39. The molecule has 0 aliphatic carbocycles. The van der Waals surface area contributed by atoms with Crippen molar-refractivity contribution in [1.82, 2.24) is 10.6 Å². The van der Waals surface area contributed by atoms with Crippen LogP contribution in [0.25, 0.3) is 0 Å². The van der Waals surface area contributed by atoms with E-state index in [0.717, 1.165) is 5.75 Å². The van der Waals surface area contributed by atoms with Crippen LogP contribution in [0.15, 0.2) is 24.3 Å². The van der Waals surface area contributed by atoms with Crippen molar-refractivity contribution in [3.63, 3.8) is 0 Å². The average molecular weight is 392 g/mol. The van der Waals surface area contributed by atoms with Crippen LogP contribution in [0, 0.1) is 0 Å². The number of halogens is 3. The molecule has 0 bridgehead atoms. The molecule has 0 spiro atoms. The van der Waals surface area contributed by atoms with Gasteiger partial charge in [0.05, 0.1) is 0 Å². The Morgan fingerprint density at radius 2 is 1.88 bits per heavy atom. The molecule has 2 N–H and O–H groups in total. The average Bonchev–Trinajstić information content (AvgIpc) is 2.61. The van der Waals surface area contributed by atoms with Crippen LogP contribution in [0.4, 0.5) is 13.2 Å². The summed E-state index contributed by atoms with van der Waals surface area (Å²) in [5.41, 5.74) is 0.711. The van der Waals surface area contributed by atoms with E-state index in [9.17, 15) is 22.8 Å². The predicted molar refractivity (Wildman–Crippen MR) is 95.1 cm³/mol. The van der Waals surface area contributed by atoms with Gasteiger partial charge in [-0.25, -0.2) is 0 Å². The Labute approximate surface area is 155 Å². The molecule has 1 atom stereocenters. The Kier molecular flexibility index (Phi) is 9.32. The molecule has 1 rings (SSSR count). The number of hydrogen-bond acceptors (Lipinski definition) is 4. The summed E-state index contributed by atoms with van der Waals surface area (Å²) >= 11 is 1.58. The molecule has 0 aliphatic heterocycles. The van der Waals surface area contributed by atoms with Crippen LogP contribution >= 0.6 is 11.8 Å². The molecule has 146 valence electrons. The van der Waals surface area contributed by atoms with Crippen molar-refractivity contribution < 1.29 is 27.5 Å². The lowest BCUT2D eigenvalue weighted by molar-refractivity contribution is -0.153. The standard InChI is InChI=1S/C17H23F3N2O3S/c1-3-15(23)22-14(8-9-26-2)16(24)21-10-12-4-6-13(7-5-12)25-11-17(18,19)20/h4-7,14H,3,8-11H2,1-2H3,(H,21,24)(H,22,23). The van der Waals surface area contributed by atoms with Gasteiger partial charge in [0.1, 0.15) is 11.8 Å². The monoisotopic (exact) mass is 392 g/mol. The number of benzene rings is 1. The number of ether oxygens (including phenoxy) is 1. The molecule has 26 heavy (non-hydrogen) atoms. The van der Waals surface area contributed by atoms with Crippen molar-refractivity contribution in [3.8, 4) is 5.75 Å². The fourth-order valence-corrected chi connectivity index (χ4v) is 2.45. The van der Waals surface area contributed by atoms with Gasteiger partial charge in [0.2, 0.25) is 11.8 Å². The number of nitrogens with one attached hydrogen (secondary N) is 2. The van der Waals surface area contributed by atoms with Gasteiger partial charge in [-0.1, -0.05) is 19.1 Å². The van der Waals surface area contributed by atoms with E-state index in [-0.39, 0.29) is 24.1 Å². The maximum absolute atomic E-state index is 12.3. The topological polar surface area (TPSA) is 67.4 Å². The maximum Gasteiger partial charge on any atom is 0.422 e. The zero-order valence-electron chi connectivity index (χ0n) is 14.7. The van der Waals surface area contributed by atoms with Crippen molar-refractivity contribution in [3.05, 3.63) is 29.8 Å². The van der Waals surface area contributed by atoms with Crippen molar-refractivity contribution in [1.29, 1.82) is 0 Å². The van der Waals surface area contributed by atoms with Crippen LogP contribution in [0.1, 0.15) is 25.3 Å². The van der Waals surface area contributed by atoms with Gasteiger partial charge >= 0.3 is 6.18 Å². The molecule has 5 nitrogen and oxygen atoms in total. The molecule has 2 amide bonds. The van der Waals surface area contributed by atoms with Crippen LogP contribution in [-0.4, -0.2) is 42.6 Å². The Balaban J connectivity index is 2.54. The highest BCUT2D eigenvalue weighted by Gasteiger charge is 2.28. The molecule has 0 radical (unpaired) electrons. The van der Waals surface area contributed by atoms with E-state index >= 15 is 0 Å². The van der Waals surface area contributed by atoms with Crippen LogP contribution in [-0.2, 0) is 16.1 Å². The highest BCUT2D eigenvalue weighted by molar-refractivity contribution is 7.98. The van der Waals surface area contributed by atoms with Gasteiger partial charge in [-0.3, -0.25) is 9.59 Å². The lowest BCUT2D eigenvalue weighted by Gasteiger charge is -2.18. The quantitative estimate of drug-likeness (QED) is 0.643. The fraction of sp³-hybridized carbons (Fsp3) is 0.529. The van der Waals surface area contributed by atoms with E-state index in [2.05, 4.69) is 15.4 Å². The summed E-state index contributed by atoms with van der Waals surface area (Å²) in [5, 5.41) is 5.42. The van der Waals surface area contributed by atoms with Gasteiger partial charge in [0.25, 0.3) is 0 Å². The second kappa shape index (κ2) is 10.9. The largest absolute Gasteiger partial charge is 0.484 e. The van der Waals surface area contributed by atoms with Gasteiger partial charge in [0, 0.05) is 13.0 Å². The first-order chi connectivity index (χ1) is 12.2.